The van der Waals surface area contributed by atoms with E-state index in [2.05, 4.69) is 15.9 Å². The number of benzene rings is 1. The van der Waals surface area contributed by atoms with E-state index in [9.17, 15) is 13.2 Å². The molecule has 1 unspecified atom stereocenters. The molecule has 1 aliphatic rings. The molecule has 0 fully saturated rings. The van der Waals surface area contributed by atoms with E-state index in [1.54, 1.807) is 12.1 Å². The fraction of sp³-hybridized carbons (Fsp3) is 0.182. The molecule has 1 N–H and O–H groups in total. The minimum absolute atomic E-state index is 0.170. The van der Waals surface area contributed by atoms with Crippen LogP contribution in [0.3, 0.4) is 0 Å². The highest BCUT2D eigenvalue weighted by atomic mass is 79.9. The van der Waals surface area contributed by atoms with E-state index in [1.165, 1.54) is 13.0 Å². The van der Waals surface area contributed by atoms with Crippen LogP contribution >= 0.6 is 15.9 Å². The van der Waals surface area contributed by atoms with Crippen LogP contribution in [0.15, 0.2) is 33.0 Å². The lowest BCUT2D eigenvalue weighted by molar-refractivity contribution is -0.139. The maximum atomic E-state index is 11.8. The summed E-state index contributed by atoms with van der Waals surface area (Å²) in [6.45, 7) is 1.47. The third-order valence-corrected chi connectivity index (χ3v) is 4.70. The summed E-state index contributed by atoms with van der Waals surface area (Å²) in [6, 6.07) is 4.73. The van der Waals surface area contributed by atoms with E-state index in [-0.39, 0.29) is 4.90 Å². The third kappa shape index (κ3) is 2.02. The summed E-state index contributed by atoms with van der Waals surface area (Å²) in [5.41, 5.74) is 0.795. The summed E-state index contributed by atoms with van der Waals surface area (Å²) in [4.78, 5) is 11.1. The first-order valence-corrected chi connectivity index (χ1v) is 7.16. The topological polar surface area (TPSA) is 71.4 Å². The summed E-state index contributed by atoms with van der Waals surface area (Å²) in [7, 11) is -3.50. The molecule has 1 heterocycles. The molecule has 0 aromatic heterocycles. The Balaban J connectivity index is 2.67. The Kier molecular flexibility index (Phi) is 2.87. The van der Waals surface area contributed by atoms with Crippen LogP contribution in [0, 0.1) is 5.92 Å². The maximum absolute atomic E-state index is 11.8. The zero-order chi connectivity index (χ0) is 12.8. The van der Waals surface area contributed by atoms with Gasteiger partial charge in [0.1, 0.15) is 0 Å². The molecule has 0 radical (unpaired) electrons. The number of aliphatic carboxylic acids is 1. The molecule has 1 aromatic rings. The maximum Gasteiger partial charge on any atom is 0.310 e. The lowest BCUT2D eigenvalue weighted by Gasteiger charge is -2.08. The first kappa shape index (κ1) is 12.3. The van der Waals surface area contributed by atoms with Crippen LogP contribution in [0.5, 0.6) is 0 Å². The first-order valence-electron chi connectivity index (χ1n) is 4.82. The number of hydrogen-bond donors (Lipinski definition) is 1. The predicted molar refractivity (Wildman–Crippen MR) is 66.1 cm³/mol. The van der Waals surface area contributed by atoms with E-state index in [0.29, 0.717) is 11.1 Å². The number of halogens is 1. The lowest BCUT2D eigenvalue weighted by Crippen LogP contribution is -2.10. The van der Waals surface area contributed by atoms with Crippen LogP contribution < -0.4 is 0 Å². The van der Waals surface area contributed by atoms with Gasteiger partial charge in [0.05, 0.1) is 10.8 Å². The van der Waals surface area contributed by atoms with Crippen molar-refractivity contribution in [1.82, 2.24) is 0 Å². The molecule has 0 amide bonds. The Morgan fingerprint density at radius 3 is 2.65 bits per heavy atom. The largest absolute Gasteiger partial charge is 0.481 e. The van der Waals surface area contributed by atoms with Crippen LogP contribution in [0.2, 0.25) is 0 Å². The van der Waals surface area contributed by atoms with Gasteiger partial charge in [0.15, 0.2) is 0 Å². The van der Waals surface area contributed by atoms with Gasteiger partial charge in [-0.05, 0) is 36.3 Å². The fourth-order valence-electron chi connectivity index (χ4n) is 1.74. The predicted octanol–water partition coefficient (Wildman–Crippen LogP) is 2.30. The van der Waals surface area contributed by atoms with Crippen molar-refractivity contribution < 1.29 is 18.3 Å². The van der Waals surface area contributed by atoms with Gasteiger partial charge in [-0.3, -0.25) is 4.79 Å². The van der Waals surface area contributed by atoms with Crippen molar-refractivity contribution in [1.29, 1.82) is 0 Å². The Morgan fingerprint density at radius 2 is 2.06 bits per heavy atom. The molecule has 0 saturated heterocycles. The lowest BCUT2D eigenvalue weighted by atomic mass is 9.96. The molecular formula is C11H9BrO4S. The summed E-state index contributed by atoms with van der Waals surface area (Å²) in [5, 5.41) is 10.0. The van der Waals surface area contributed by atoms with Crippen molar-refractivity contribution in [2.75, 3.05) is 0 Å². The molecule has 1 aromatic carbocycles. The second kappa shape index (κ2) is 3.96. The van der Waals surface area contributed by atoms with E-state index >= 15 is 0 Å². The number of rotatable bonds is 2. The van der Waals surface area contributed by atoms with Gasteiger partial charge in [0.2, 0.25) is 9.84 Å². The minimum atomic E-state index is -3.50. The molecule has 0 saturated carbocycles. The van der Waals surface area contributed by atoms with Crippen LogP contribution in [0.4, 0.5) is 0 Å². The summed E-state index contributed by atoms with van der Waals surface area (Å²) in [6.07, 6.45) is 0. The molecule has 0 bridgehead atoms. The van der Waals surface area contributed by atoms with Gasteiger partial charge in [-0.2, -0.15) is 0 Å². The number of fused-ring (bicyclic) bond motifs is 1. The molecule has 0 aliphatic carbocycles. The van der Waals surface area contributed by atoms with Gasteiger partial charge in [0, 0.05) is 9.88 Å². The number of sulfone groups is 1. The highest BCUT2D eigenvalue weighted by molar-refractivity contribution is 9.10. The Hall–Kier alpha value is -1.14. The van der Waals surface area contributed by atoms with Crippen molar-refractivity contribution in [3.8, 4) is 0 Å². The van der Waals surface area contributed by atoms with Crippen LogP contribution in [0.1, 0.15) is 12.5 Å². The second-order valence-corrected chi connectivity index (χ2v) is 6.50. The first-order chi connectivity index (χ1) is 7.83. The van der Waals surface area contributed by atoms with Crippen LogP contribution in [0.25, 0.3) is 5.57 Å². The molecule has 1 aliphatic heterocycles. The highest BCUT2D eigenvalue weighted by Crippen LogP contribution is 2.38. The summed E-state index contributed by atoms with van der Waals surface area (Å²) in [5.74, 6) is -1.89. The van der Waals surface area contributed by atoms with Crippen molar-refractivity contribution >= 4 is 37.3 Å². The average molecular weight is 317 g/mol. The van der Waals surface area contributed by atoms with Gasteiger partial charge in [-0.25, -0.2) is 8.42 Å². The average Bonchev–Trinajstić information content (AvgIpc) is 2.49. The van der Waals surface area contributed by atoms with E-state index in [0.717, 1.165) is 9.88 Å². The molecule has 90 valence electrons. The van der Waals surface area contributed by atoms with Gasteiger partial charge in [-0.15, -0.1) is 0 Å². The van der Waals surface area contributed by atoms with Gasteiger partial charge in [0.25, 0.3) is 0 Å². The van der Waals surface area contributed by atoms with Crippen molar-refractivity contribution in [2.45, 2.75) is 11.8 Å². The standard InChI is InChI=1S/C11H9BrO4S/c1-6(11(13)14)9-5-17(15,16)10-3-2-7(12)4-8(9)10/h2-6H,1H3,(H,13,14). The molecule has 0 spiro atoms. The monoisotopic (exact) mass is 316 g/mol. The van der Waals surface area contributed by atoms with Gasteiger partial charge in [-0.1, -0.05) is 15.9 Å². The van der Waals surface area contributed by atoms with Crippen LogP contribution in [-0.2, 0) is 14.6 Å². The Morgan fingerprint density at radius 1 is 1.41 bits per heavy atom. The van der Waals surface area contributed by atoms with Crippen molar-refractivity contribution in [2.24, 2.45) is 5.92 Å². The SMILES string of the molecule is CC(C(=O)O)C1=CS(=O)(=O)c2ccc(Br)cc21. The smallest absolute Gasteiger partial charge is 0.310 e. The summed E-state index contributed by atoms with van der Waals surface area (Å²) >= 11 is 3.25. The molecule has 17 heavy (non-hydrogen) atoms. The number of carboxylic acid groups (broad SMARTS) is 1. The van der Waals surface area contributed by atoms with E-state index < -0.39 is 21.7 Å². The molecule has 1 atom stereocenters. The van der Waals surface area contributed by atoms with Crippen molar-refractivity contribution in [3.05, 3.63) is 33.6 Å². The van der Waals surface area contributed by atoms with E-state index in [1.807, 2.05) is 0 Å². The Labute approximate surface area is 107 Å². The zero-order valence-electron chi connectivity index (χ0n) is 8.84. The number of carbonyl (C=O) groups is 1. The zero-order valence-corrected chi connectivity index (χ0v) is 11.2. The second-order valence-electron chi connectivity index (χ2n) is 3.82. The van der Waals surface area contributed by atoms with Gasteiger partial charge < -0.3 is 5.11 Å². The fourth-order valence-corrected chi connectivity index (χ4v) is 3.63. The Bertz CT molecular complexity index is 631. The van der Waals surface area contributed by atoms with E-state index in [4.69, 9.17) is 5.11 Å². The molecule has 2 rings (SSSR count). The minimum Gasteiger partial charge on any atom is -0.481 e. The number of carboxylic acids is 1. The summed E-state index contributed by atoms with van der Waals surface area (Å²) < 4.78 is 24.4. The highest BCUT2D eigenvalue weighted by Gasteiger charge is 2.32. The third-order valence-electron chi connectivity index (χ3n) is 2.68. The number of hydrogen-bond acceptors (Lipinski definition) is 3. The molecule has 4 nitrogen and oxygen atoms in total. The van der Waals surface area contributed by atoms with Crippen molar-refractivity contribution in [3.63, 3.8) is 0 Å². The van der Waals surface area contributed by atoms with Crippen LogP contribution in [-0.4, -0.2) is 19.5 Å². The quantitative estimate of drug-likeness (QED) is 0.908. The van der Waals surface area contributed by atoms with Gasteiger partial charge >= 0.3 is 5.97 Å². The molecule has 6 heteroatoms. The molecular weight excluding hydrogens is 308 g/mol. The normalized spacial score (nSPS) is 18.4.